The number of imide groups is 2. The normalized spacial score (nSPS) is 26.5. The van der Waals surface area contributed by atoms with Crippen molar-refractivity contribution in [1.29, 1.82) is 0 Å². The van der Waals surface area contributed by atoms with Crippen molar-refractivity contribution in [1.82, 2.24) is 24.9 Å². The lowest BCUT2D eigenvalue weighted by molar-refractivity contribution is -0.136. The van der Waals surface area contributed by atoms with Crippen molar-refractivity contribution >= 4 is 35.4 Å². The van der Waals surface area contributed by atoms with Crippen LogP contribution >= 0.6 is 0 Å². The highest BCUT2D eigenvalue weighted by Crippen LogP contribution is 2.32. The highest BCUT2D eigenvalue weighted by atomic mass is 16.5. The van der Waals surface area contributed by atoms with Crippen molar-refractivity contribution in [3.05, 3.63) is 29.3 Å². The Hall–Kier alpha value is -3.55. The molecule has 1 aromatic rings. The van der Waals surface area contributed by atoms with Crippen LogP contribution in [0.1, 0.15) is 46.4 Å². The van der Waals surface area contributed by atoms with Gasteiger partial charge in [-0.25, -0.2) is 4.79 Å². The van der Waals surface area contributed by atoms with Gasteiger partial charge in [-0.15, -0.1) is 0 Å². The number of nitrogens with one attached hydrogen (secondary N) is 1. The van der Waals surface area contributed by atoms with E-state index in [2.05, 4.69) is 20.0 Å². The number of carbonyl (C=O) groups excluding carboxylic acids is 4. The first-order valence-electron chi connectivity index (χ1n) is 14.9. The quantitative estimate of drug-likeness (QED) is 0.450. The molecule has 0 radical (unpaired) electrons. The number of hydrogen-bond donors (Lipinski definition) is 2. The molecule has 4 fully saturated rings. The summed E-state index contributed by atoms with van der Waals surface area (Å²) >= 11 is 0. The number of morpholine rings is 1. The number of nitrogens with zero attached hydrogens (tertiary/aromatic N) is 5. The summed E-state index contributed by atoms with van der Waals surface area (Å²) < 4.78 is 5.80. The number of amides is 5. The zero-order valence-electron chi connectivity index (χ0n) is 23.7. The van der Waals surface area contributed by atoms with E-state index in [-0.39, 0.29) is 24.9 Å². The van der Waals surface area contributed by atoms with Gasteiger partial charge in [0.15, 0.2) is 0 Å². The maximum absolute atomic E-state index is 13.2. The van der Waals surface area contributed by atoms with Crippen LogP contribution in [0, 0.1) is 5.92 Å². The Balaban J connectivity index is 0.970. The first kappa shape index (κ1) is 28.6. The predicted molar refractivity (Wildman–Crippen MR) is 150 cm³/mol. The summed E-state index contributed by atoms with van der Waals surface area (Å²) in [5.74, 6) is -1.37. The highest BCUT2D eigenvalue weighted by molar-refractivity contribution is 6.23. The minimum atomic E-state index is -0.959. The Kier molecular flexibility index (Phi) is 8.15. The van der Waals surface area contributed by atoms with Crippen LogP contribution in [-0.4, -0.2) is 139 Å². The largest absolute Gasteiger partial charge is 0.465 e. The molecule has 2 atom stereocenters. The van der Waals surface area contributed by atoms with E-state index in [0.29, 0.717) is 36.7 Å². The number of ether oxygens (including phenoxy) is 1. The number of carboxylic acid groups (broad SMARTS) is 1. The van der Waals surface area contributed by atoms with E-state index in [9.17, 15) is 29.1 Å². The fraction of sp³-hybridized carbons (Fsp3) is 0.621. The zero-order chi connectivity index (χ0) is 29.4. The third kappa shape index (κ3) is 5.86. The molecule has 5 heterocycles. The summed E-state index contributed by atoms with van der Waals surface area (Å²) in [6.07, 6.45) is 1.37. The van der Waals surface area contributed by atoms with Crippen LogP contribution in [0.3, 0.4) is 0 Å². The van der Waals surface area contributed by atoms with Gasteiger partial charge < -0.3 is 24.5 Å². The van der Waals surface area contributed by atoms with E-state index in [4.69, 9.17) is 4.74 Å². The van der Waals surface area contributed by atoms with Crippen LogP contribution in [0.5, 0.6) is 0 Å². The first-order valence-corrected chi connectivity index (χ1v) is 14.9. The number of hydrogen-bond acceptors (Lipinski definition) is 9. The summed E-state index contributed by atoms with van der Waals surface area (Å²) in [6, 6.07) is 4.37. The molecule has 0 aliphatic carbocycles. The van der Waals surface area contributed by atoms with Crippen molar-refractivity contribution < 1.29 is 33.8 Å². The number of piperidine rings is 2. The van der Waals surface area contributed by atoms with Crippen LogP contribution in [-0.2, 0) is 14.3 Å². The summed E-state index contributed by atoms with van der Waals surface area (Å²) in [5, 5.41) is 11.5. The second-order valence-corrected chi connectivity index (χ2v) is 11.9. The van der Waals surface area contributed by atoms with Crippen LogP contribution in [0.4, 0.5) is 10.5 Å². The summed E-state index contributed by atoms with van der Waals surface area (Å²) in [4.78, 5) is 70.9. The number of anilines is 1. The number of fused-ring (bicyclic) bond motifs is 1. The zero-order valence-corrected chi connectivity index (χ0v) is 23.7. The molecule has 0 saturated carbocycles. The van der Waals surface area contributed by atoms with E-state index in [1.165, 1.54) is 4.90 Å². The SMILES string of the molecule is O=C1CCC(N2C(=O)c3ccc(N4CCC(CN5CCN(C[C@H]6CN(C(=O)O)CCO6)CC5)CC4)cc3C2=O)C(=O)N1. The van der Waals surface area contributed by atoms with E-state index < -0.39 is 29.9 Å². The van der Waals surface area contributed by atoms with Crippen LogP contribution in [0.15, 0.2) is 18.2 Å². The minimum absolute atomic E-state index is 0.0705. The molecule has 0 aromatic heterocycles. The number of carbonyl (C=O) groups is 5. The topological polar surface area (TPSA) is 143 Å². The second-order valence-electron chi connectivity index (χ2n) is 11.9. The maximum atomic E-state index is 13.2. The number of rotatable bonds is 6. The number of piperazine rings is 1. The monoisotopic (exact) mass is 582 g/mol. The Morgan fingerprint density at radius 2 is 1.57 bits per heavy atom. The molecular formula is C29H38N6O7. The lowest BCUT2D eigenvalue weighted by Gasteiger charge is -2.41. The Labute approximate surface area is 244 Å². The molecule has 4 saturated heterocycles. The van der Waals surface area contributed by atoms with E-state index in [0.717, 1.165) is 75.8 Å². The van der Waals surface area contributed by atoms with Gasteiger partial charge in [-0.3, -0.25) is 34.3 Å². The van der Waals surface area contributed by atoms with Crippen LogP contribution < -0.4 is 10.2 Å². The van der Waals surface area contributed by atoms with Gasteiger partial charge in [-0.05, 0) is 43.4 Å². The smallest absolute Gasteiger partial charge is 0.407 e. The third-order valence-corrected chi connectivity index (χ3v) is 9.26. The van der Waals surface area contributed by atoms with Gasteiger partial charge in [0, 0.05) is 71.0 Å². The van der Waals surface area contributed by atoms with E-state index >= 15 is 0 Å². The summed E-state index contributed by atoms with van der Waals surface area (Å²) in [7, 11) is 0. The molecule has 13 nitrogen and oxygen atoms in total. The van der Waals surface area contributed by atoms with E-state index in [1.807, 2.05) is 6.07 Å². The van der Waals surface area contributed by atoms with Gasteiger partial charge >= 0.3 is 6.09 Å². The minimum Gasteiger partial charge on any atom is -0.465 e. The molecule has 0 spiro atoms. The molecule has 2 N–H and O–H groups in total. The molecule has 1 unspecified atom stereocenters. The summed E-state index contributed by atoms with van der Waals surface area (Å²) in [6.45, 7) is 8.72. The molecule has 226 valence electrons. The van der Waals surface area contributed by atoms with Crippen molar-refractivity contribution in [3.63, 3.8) is 0 Å². The number of benzene rings is 1. The second kappa shape index (κ2) is 12.0. The van der Waals surface area contributed by atoms with Gasteiger partial charge in [0.2, 0.25) is 11.8 Å². The third-order valence-electron chi connectivity index (χ3n) is 9.26. The van der Waals surface area contributed by atoms with E-state index in [1.54, 1.807) is 12.1 Å². The van der Waals surface area contributed by atoms with Crippen LogP contribution in [0.25, 0.3) is 0 Å². The average molecular weight is 583 g/mol. The van der Waals surface area contributed by atoms with Gasteiger partial charge in [0.25, 0.3) is 11.8 Å². The molecule has 5 amide bonds. The maximum Gasteiger partial charge on any atom is 0.407 e. The van der Waals surface area contributed by atoms with Gasteiger partial charge in [0.1, 0.15) is 6.04 Å². The van der Waals surface area contributed by atoms with Crippen LogP contribution in [0.2, 0.25) is 0 Å². The first-order chi connectivity index (χ1) is 20.3. The van der Waals surface area contributed by atoms with Gasteiger partial charge in [0.05, 0.1) is 30.4 Å². The molecule has 5 aliphatic rings. The molecule has 6 rings (SSSR count). The van der Waals surface area contributed by atoms with Gasteiger partial charge in [-0.2, -0.15) is 0 Å². The average Bonchev–Trinajstić information content (AvgIpc) is 3.23. The predicted octanol–water partition coefficient (Wildman–Crippen LogP) is 0.301. The molecule has 1 aromatic carbocycles. The van der Waals surface area contributed by atoms with Crippen molar-refractivity contribution in [2.24, 2.45) is 5.92 Å². The molecule has 13 heteroatoms. The van der Waals surface area contributed by atoms with Crippen molar-refractivity contribution in [3.8, 4) is 0 Å². The lowest BCUT2D eigenvalue weighted by Crippen LogP contribution is -2.54. The fourth-order valence-electron chi connectivity index (χ4n) is 6.84. The molecule has 5 aliphatic heterocycles. The van der Waals surface area contributed by atoms with Gasteiger partial charge in [-0.1, -0.05) is 0 Å². The molecule has 0 bridgehead atoms. The Morgan fingerprint density at radius 1 is 0.881 bits per heavy atom. The molecular weight excluding hydrogens is 544 g/mol. The molecule has 42 heavy (non-hydrogen) atoms. The standard InChI is InChI=1S/C29H38N6O7/c36-25-4-3-24(26(37)30-25)35-27(38)22-2-1-20(15-23(22)28(35)39)33-7-5-19(6-8-33)16-31-9-11-32(12-10-31)17-21-18-34(29(40)41)13-14-42-21/h1-2,15,19,21,24H,3-14,16-18H2,(H,40,41)(H,30,36,37)/t21-,24?/m0/s1. The summed E-state index contributed by atoms with van der Waals surface area (Å²) in [5.41, 5.74) is 1.52. The highest BCUT2D eigenvalue weighted by Gasteiger charge is 2.44. The Bertz CT molecular complexity index is 1260. The fourth-order valence-corrected chi connectivity index (χ4v) is 6.84. The van der Waals surface area contributed by atoms with Crippen molar-refractivity contribution in [2.75, 3.05) is 77.0 Å². The Morgan fingerprint density at radius 3 is 2.26 bits per heavy atom. The lowest BCUT2D eigenvalue weighted by atomic mass is 9.95. The van der Waals surface area contributed by atoms with Crippen molar-refractivity contribution in [2.45, 2.75) is 37.8 Å².